The van der Waals surface area contributed by atoms with Crippen molar-refractivity contribution in [2.24, 2.45) is 11.8 Å². The number of nitrogens with zero attached hydrogens (tertiary/aromatic N) is 1. The first kappa shape index (κ1) is 13.8. The molecule has 6 nitrogen and oxygen atoms in total. The first-order chi connectivity index (χ1) is 9.06. The SMILES string of the molecule is Nc1nc(C(=O)NCC2CCC(C(=O)O)CC2)cs1. The van der Waals surface area contributed by atoms with Gasteiger partial charge in [0.05, 0.1) is 5.92 Å². The topological polar surface area (TPSA) is 105 Å². The Kier molecular flexibility index (Phi) is 4.36. The van der Waals surface area contributed by atoms with Gasteiger partial charge in [-0.15, -0.1) is 11.3 Å². The summed E-state index contributed by atoms with van der Waals surface area (Å²) in [5.74, 6) is -0.783. The number of carbonyl (C=O) groups excluding carboxylic acids is 1. The van der Waals surface area contributed by atoms with Crippen molar-refractivity contribution in [3.05, 3.63) is 11.1 Å². The van der Waals surface area contributed by atoms with Gasteiger partial charge < -0.3 is 16.2 Å². The number of carbonyl (C=O) groups is 2. The molecule has 104 valence electrons. The van der Waals surface area contributed by atoms with Crippen LogP contribution in [0.5, 0.6) is 0 Å². The van der Waals surface area contributed by atoms with Crippen LogP contribution in [0, 0.1) is 11.8 Å². The predicted octanol–water partition coefficient (Wildman–Crippen LogP) is 1.35. The Labute approximate surface area is 115 Å². The zero-order chi connectivity index (χ0) is 13.8. The van der Waals surface area contributed by atoms with Gasteiger partial charge in [0, 0.05) is 11.9 Å². The van der Waals surface area contributed by atoms with Gasteiger partial charge in [-0.1, -0.05) is 0 Å². The largest absolute Gasteiger partial charge is 0.481 e. The highest BCUT2D eigenvalue weighted by atomic mass is 32.1. The number of hydrogen-bond acceptors (Lipinski definition) is 5. The summed E-state index contributed by atoms with van der Waals surface area (Å²) in [6, 6.07) is 0. The second-order valence-electron chi connectivity index (χ2n) is 4.84. The standard InChI is InChI=1S/C12H17N3O3S/c13-12-15-9(6-19-12)10(16)14-5-7-1-3-8(4-2-7)11(17)18/h6-8H,1-5H2,(H2,13,15)(H,14,16)(H,17,18). The summed E-state index contributed by atoms with van der Waals surface area (Å²) in [6.07, 6.45) is 3.08. The fraction of sp³-hybridized carbons (Fsp3) is 0.583. The molecule has 1 saturated carbocycles. The van der Waals surface area contributed by atoms with E-state index >= 15 is 0 Å². The van der Waals surface area contributed by atoms with E-state index in [2.05, 4.69) is 10.3 Å². The molecule has 0 radical (unpaired) electrons. The molecule has 7 heteroatoms. The van der Waals surface area contributed by atoms with Crippen molar-refractivity contribution < 1.29 is 14.7 Å². The molecule has 1 aliphatic rings. The van der Waals surface area contributed by atoms with E-state index in [0.29, 0.717) is 36.1 Å². The monoisotopic (exact) mass is 283 g/mol. The Morgan fingerprint density at radius 2 is 2.11 bits per heavy atom. The van der Waals surface area contributed by atoms with Crippen LogP contribution in [0.3, 0.4) is 0 Å². The van der Waals surface area contributed by atoms with Gasteiger partial charge in [0.1, 0.15) is 5.69 Å². The molecule has 0 unspecified atom stereocenters. The molecule has 1 aromatic heterocycles. The molecule has 0 atom stereocenters. The number of anilines is 1. The van der Waals surface area contributed by atoms with Crippen molar-refractivity contribution in [3.63, 3.8) is 0 Å². The number of aliphatic carboxylic acids is 1. The summed E-state index contributed by atoms with van der Waals surface area (Å²) in [5, 5.41) is 13.7. The lowest BCUT2D eigenvalue weighted by molar-refractivity contribution is -0.143. The van der Waals surface area contributed by atoms with Crippen LogP contribution in [-0.2, 0) is 4.79 Å². The Bertz CT molecular complexity index is 467. The van der Waals surface area contributed by atoms with Gasteiger partial charge >= 0.3 is 5.97 Å². The first-order valence-electron chi connectivity index (χ1n) is 6.28. The molecule has 1 heterocycles. The zero-order valence-corrected chi connectivity index (χ0v) is 11.3. The smallest absolute Gasteiger partial charge is 0.306 e. The van der Waals surface area contributed by atoms with Gasteiger partial charge in [0.15, 0.2) is 5.13 Å². The van der Waals surface area contributed by atoms with Crippen molar-refractivity contribution in [2.45, 2.75) is 25.7 Å². The number of nitrogen functional groups attached to an aromatic ring is 1. The van der Waals surface area contributed by atoms with E-state index in [1.54, 1.807) is 5.38 Å². The maximum atomic E-state index is 11.8. The fourth-order valence-corrected chi connectivity index (χ4v) is 2.88. The molecular weight excluding hydrogens is 266 g/mol. The van der Waals surface area contributed by atoms with Crippen molar-refractivity contribution in [1.29, 1.82) is 0 Å². The lowest BCUT2D eigenvalue weighted by atomic mass is 9.82. The number of thiazole rings is 1. The summed E-state index contributed by atoms with van der Waals surface area (Å²) >= 11 is 1.24. The van der Waals surface area contributed by atoms with Gasteiger partial charge in [0.2, 0.25) is 0 Å². The normalized spacial score (nSPS) is 22.9. The van der Waals surface area contributed by atoms with Crippen LogP contribution in [0.4, 0.5) is 5.13 Å². The van der Waals surface area contributed by atoms with Crippen LogP contribution in [0.25, 0.3) is 0 Å². The van der Waals surface area contributed by atoms with Gasteiger partial charge in [-0.3, -0.25) is 9.59 Å². The summed E-state index contributed by atoms with van der Waals surface area (Å²) in [7, 11) is 0. The van der Waals surface area contributed by atoms with Crippen molar-refractivity contribution >= 4 is 28.3 Å². The molecule has 0 aliphatic heterocycles. The van der Waals surface area contributed by atoms with Gasteiger partial charge in [-0.2, -0.15) is 0 Å². The molecule has 1 amide bonds. The maximum Gasteiger partial charge on any atom is 0.306 e. The van der Waals surface area contributed by atoms with Crippen LogP contribution < -0.4 is 11.1 Å². The molecule has 0 bridgehead atoms. The van der Waals surface area contributed by atoms with Crippen molar-refractivity contribution in [3.8, 4) is 0 Å². The number of hydrogen-bond donors (Lipinski definition) is 3. The Hall–Kier alpha value is -1.63. The number of rotatable bonds is 4. The average Bonchev–Trinajstić information content (AvgIpc) is 2.83. The van der Waals surface area contributed by atoms with E-state index < -0.39 is 5.97 Å². The minimum absolute atomic E-state index is 0.215. The molecule has 0 saturated heterocycles. The van der Waals surface area contributed by atoms with Crippen LogP contribution in [0.1, 0.15) is 36.2 Å². The third kappa shape index (κ3) is 3.66. The summed E-state index contributed by atoms with van der Waals surface area (Å²) < 4.78 is 0. The molecule has 0 aromatic carbocycles. The average molecular weight is 283 g/mol. The van der Waals surface area contributed by atoms with Crippen LogP contribution in [0.2, 0.25) is 0 Å². The molecule has 1 aliphatic carbocycles. The van der Waals surface area contributed by atoms with E-state index in [4.69, 9.17) is 10.8 Å². The van der Waals surface area contributed by atoms with E-state index in [1.165, 1.54) is 11.3 Å². The Morgan fingerprint density at radius 1 is 1.42 bits per heavy atom. The molecule has 0 spiro atoms. The summed E-state index contributed by atoms with van der Waals surface area (Å²) in [6.45, 7) is 0.572. The quantitative estimate of drug-likeness (QED) is 0.773. The van der Waals surface area contributed by atoms with Gasteiger partial charge in [0.25, 0.3) is 5.91 Å². The van der Waals surface area contributed by atoms with Gasteiger partial charge in [-0.25, -0.2) is 4.98 Å². The third-order valence-electron chi connectivity index (χ3n) is 3.50. The van der Waals surface area contributed by atoms with E-state index in [9.17, 15) is 9.59 Å². The lowest BCUT2D eigenvalue weighted by Crippen LogP contribution is -2.32. The van der Waals surface area contributed by atoms with Gasteiger partial charge in [-0.05, 0) is 31.6 Å². The molecule has 1 fully saturated rings. The number of aromatic nitrogens is 1. The van der Waals surface area contributed by atoms with E-state index in [1.807, 2.05) is 0 Å². The number of amides is 1. The van der Waals surface area contributed by atoms with Crippen molar-refractivity contribution in [2.75, 3.05) is 12.3 Å². The minimum atomic E-state index is -0.708. The second kappa shape index (κ2) is 6.01. The van der Waals surface area contributed by atoms with E-state index in [0.717, 1.165) is 12.8 Å². The Balaban J connectivity index is 1.75. The molecule has 1 aromatic rings. The molecule has 4 N–H and O–H groups in total. The number of carboxylic acid groups (broad SMARTS) is 1. The lowest BCUT2D eigenvalue weighted by Gasteiger charge is -2.25. The zero-order valence-electron chi connectivity index (χ0n) is 10.5. The molecular formula is C12H17N3O3S. The highest BCUT2D eigenvalue weighted by Crippen LogP contribution is 2.28. The van der Waals surface area contributed by atoms with Crippen LogP contribution >= 0.6 is 11.3 Å². The number of carboxylic acids is 1. The predicted molar refractivity (Wildman–Crippen MR) is 71.9 cm³/mol. The highest BCUT2D eigenvalue weighted by Gasteiger charge is 2.26. The van der Waals surface area contributed by atoms with Crippen LogP contribution in [0.15, 0.2) is 5.38 Å². The maximum absolute atomic E-state index is 11.8. The number of nitrogens with one attached hydrogen (secondary N) is 1. The van der Waals surface area contributed by atoms with Crippen LogP contribution in [-0.4, -0.2) is 28.5 Å². The summed E-state index contributed by atoms with van der Waals surface area (Å²) in [4.78, 5) is 26.5. The van der Waals surface area contributed by atoms with Crippen molar-refractivity contribution in [1.82, 2.24) is 10.3 Å². The summed E-state index contributed by atoms with van der Waals surface area (Å²) in [5.41, 5.74) is 5.82. The highest BCUT2D eigenvalue weighted by molar-refractivity contribution is 7.13. The first-order valence-corrected chi connectivity index (χ1v) is 7.16. The Morgan fingerprint density at radius 3 is 2.63 bits per heavy atom. The fourth-order valence-electron chi connectivity index (χ4n) is 2.33. The second-order valence-corrected chi connectivity index (χ2v) is 5.73. The van der Waals surface area contributed by atoms with E-state index in [-0.39, 0.29) is 11.8 Å². The number of nitrogens with two attached hydrogens (primary N) is 1. The molecule has 19 heavy (non-hydrogen) atoms. The minimum Gasteiger partial charge on any atom is -0.481 e. The molecule has 2 rings (SSSR count). The third-order valence-corrected chi connectivity index (χ3v) is 4.18.